The van der Waals surface area contributed by atoms with Crippen LogP contribution in [0.2, 0.25) is 0 Å². The van der Waals surface area contributed by atoms with Gasteiger partial charge in [-0.25, -0.2) is 0 Å². The second-order valence-electron chi connectivity index (χ2n) is 4.73. The molecule has 2 N–H and O–H groups in total. The molecule has 114 valence electrons. The third kappa shape index (κ3) is 3.92. The number of amides is 1. The van der Waals surface area contributed by atoms with Gasteiger partial charge in [-0.3, -0.25) is 4.79 Å². The van der Waals surface area contributed by atoms with Crippen molar-refractivity contribution < 1.29 is 4.79 Å². The van der Waals surface area contributed by atoms with Crippen LogP contribution in [0.15, 0.2) is 71.2 Å². The second kappa shape index (κ2) is 7.02. The van der Waals surface area contributed by atoms with E-state index in [1.807, 2.05) is 42.5 Å². The summed E-state index contributed by atoms with van der Waals surface area (Å²) in [5, 5.41) is 13.9. The van der Waals surface area contributed by atoms with Gasteiger partial charge in [0.25, 0.3) is 5.91 Å². The van der Waals surface area contributed by atoms with Crippen molar-refractivity contribution in [1.29, 1.82) is 0 Å². The van der Waals surface area contributed by atoms with Crippen LogP contribution in [-0.4, -0.2) is 16.1 Å². The SMILES string of the molecule is O=C(Nc1ccc(Nc2ccccc2)nn1)c1ccccc1Br. The van der Waals surface area contributed by atoms with Gasteiger partial charge in [0.1, 0.15) is 0 Å². The number of anilines is 3. The number of hydrogen-bond donors (Lipinski definition) is 2. The summed E-state index contributed by atoms with van der Waals surface area (Å²) < 4.78 is 0.729. The summed E-state index contributed by atoms with van der Waals surface area (Å²) in [6, 6.07) is 20.3. The van der Waals surface area contributed by atoms with E-state index < -0.39 is 0 Å². The first-order valence-corrected chi connectivity index (χ1v) is 7.73. The maximum atomic E-state index is 12.2. The van der Waals surface area contributed by atoms with Gasteiger partial charge in [0.2, 0.25) is 0 Å². The van der Waals surface area contributed by atoms with Crippen molar-refractivity contribution in [2.45, 2.75) is 0 Å². The minimum absolute atomic E-state index is 0.240. The topological polar surface area (TPSA) is 66.9 Å². The Morgan fingerprint density at radius 1 is 0.826 bits per heavy atom. The van der Waals surface area contributed by atoms with Crippen LogP contribution in [0.25, 0.3) is 0 Å². The van der Waals surface area contributed by atoms with Crippen molar-refractivity contribution in [2.75, 3.05) is 10.6 Å². The minimum Gasteiger partial charge on any atom is -0.339 e. The fraction of sp³-hybridized carbons (Fsp3) is 0. The standard InChI is InChI=1S/C17H13BrN4O/c18-14-9-5-4-8-13(14)17(23)20-16-11-10-15(21-22-16)19-12-6-2-1-3-7-12/h1-11H,(H,19,21)(H,20,22,23). The monoisotopic (exact) mass is 368 g/mol. The number of hydrogen-bond acceptors (Lipinski definition) is 4. The Balaban J connectivity index is 1.68. The quantitative estimate of drug-likeness (QED) is 0.722. The van der Waals surface area contributed by atoms with Crippen LogP contribution in [0.5, 0.6) is 0 Å². The van der Waals surface area contributed by atoms with Gasteiger partial charge in [-0.1, -0.05) is 30.3 Å². The van der Waals surface area contributed by atoms with E-state index in [0.717, 1.165) is 10.2 Å². The number of benzene rings is 2. The molecule has 1 aromatic heterocycles. The van der Waals surface area contributed by atoms with Crippen LogP contribution in [0.1, 0.15) is 10.4 Å². The van der Waals surface area contributed by atoms with E-state index in [2.05, 4.69) is 36.8 Å². The predicted molar refractivity (Wildman–Crippen MR) is 93.9 cm³/mol. The highest BCUT2D eigenvalue weighted by molar-refractivity contribution is 9.10. The molecule has 0 aliphatic carbocycles. The van der Waals surface area contributed by atoms with E-state index in [9.17, 15) is 4.79 Å². The van der Waals surface area contributed by atoms with Crippen molar-refractivity contribution in [2.24, 2.45) is 0 Å². The molecule has 0 bridgehead atoms. The summed E-state index contributed by atoms with van der Waals surface area (Å²) >= 11 is 3.35. The molecule has 0 fully saturated rings. The van der Waals surface area contributed by atoms with Crippen molar-refractivity contribution in [1.82, 2.24) is 10.2 Å². The number of rotatable bonds is 4. The van der Waals surface area contributed by atoms with Gasteiger partial charge in [-0.2, -0.15) is 0 Å². The molecule has 0 radical (unpaired) electrons. The summed E-state index contributed by atoms with van der Waals surface area (Å²) in [7, 11) is 0. The third-order valence-electron chi connectivity index (χ3n) is 3.07. The molecule has 0 unspecified atom stereocenters. The van der Waals surface area contributed by atoms with Crippen molar-refractivity contribution in [3.63, 3.8) is 0 Å². The van der Waals surface area contributed by atoms with E-state index in [4.69, 9.17) is 0 Å². The van der Waals surface area contributed by atoms with Gasteiger partial charge in [-0.05, 0) is 52.3 Å². The number of carbonyl (C=O) groups is 1. The van der Waals surface area contributed by atoms with Crippen molar-refractivity contribution in [3.05, 3.63) is 76.8 Å². The summed E-state index contributed by atoms with van der Waals surface area (Å²) in [5.74, 6) is 0.759. The van der Waals surface area contributed by atoms with Crippen LogP contribution in [0.4, 0.5) is 17.3 Å². The Bertz CT molecular complexity index is 806. The lowest BCUT2D eigenvalue weighted by molar-refractivity contribution is 0.102. The van der Waals surface area contributed by atoms with Gasteiger partial charge in [0.15, 0.2) is 11.6 Å². The van der Waals surface area contributed by atoms with Gasteiger partial charge in [0.05, 0.1) is 5.56 Å². The van der Waals surface area contributed by atoms with Crippen LogP contribution in [0, 0.1) is 0 Å². The Labute approximate surface area is 141 Å². The van der Waals surface area contributed by atoms with Gasteiger partial charge >= 0.3 is 0 Å². The predicted octanol–water partition coefficient (Wildman–Crippen LogP) is 4.24. The molecule has 0 saturated carbocycles. The van der Waals surface area contributed by atoms with Gasteiger partial charge in [0, 0.05) is 10.2 Å². The number of carbonyl (C=O) groups excluding carboxylic acids is 1. The summed E-state index contributed by atoms with van der Waals surface area (Å²) in [4.78, 5) is 12.2. The molecule has 5 nitrogen and oxygen atoms in total. The van der Waals surface area contributed by atoms with Crippen molar-refractivity contribution in [3.8, 4) is 0 Å². The molecule has 3 aromatic rings. The Morgan fingerprint density at radius 2 is 1.48 bits per heavy atom. The molecule has 1 heterocycles. The zero-order chi connectivity index (χ0) is 16.1. The molecular weight excluding hydrogens is 356 g/mol. The average Bonchev–Trinajstić information content (AvgIpc) is 2.58. The summed E-state index contributed by atoms with van der Waals surface area (Å²) in [6.07, 6.45) is 0. The normalized spacial score (nSPS) is 10.1. The first-order valence-electron chi connectivity index (χ1n) is 6.94. The molecule has 0 atom stereocenters. The smallest absolute Gasteiger partial charge is 0.258 e. The number of nitrogens with one attached hydrogen (secondary N) is 2. The van der Waals surface area contributed by atoms with E-state index >= 15 is 0 Å². The fourth-order valence-corrected chi connectivity index (χ4v) is 2.43. The zero-order valence-corrected chi connectivity index (χ0v) is 13.6. The summed E-state index contributed by atoms with van der Waals surface area (Å²) in [5.41, 5.74) is 1.47. The van der Waals surface area contributed by atoms with Crippen molar-refractivity contribution >= 4 is 39.2 Å². The van der Waals surface area contributed by atoms with Crippen LogP contribution in [0.3, 0.4) is 0 Å². The summed E-state index contributed by atoms with van der Waals surface area (Å²) in [6.45, 7) is 0. The zero-order valence-electron chi connectivity index (χ0n) is 12.0. The van der Waals surface area contributed by atoms with E-state index in [-0.39, 0.29) is 5.91 Å². The van der Waals surface area contributed by atoms with Crippen LogP contribution < -0.4 is 10.6 Å². The molecule has 0 spiro atoms. The second-order valence-corrected chi connectivity index (χ2v) is 5.58. The maximum absolute atomic E-state index is 12.2. The number of nitrogens with zero attached hydrogens (tertiary/aromatic N) is 2. The molecule has 2 aromatic carbocycles. The largest absolute Gasteiger partial charge is 0.339 e. The van der Waals surface area contributed by atoms with Crippen LogP contribution >= 0.6 is 15.9 Å². The van der Waals surface area contributed by atoms with Gasteiger partial charge < -0.3 is 10.6 Å². The first kappa shape index (κ1) is 15.2. The molecular formula is C17H13BrN4O. The lowest BCUT2D eigenvalue weighted by Gasteiger charge is -2.07. The fourth-order valence-electron chi connectivity index (χ4n) is 1.96. The first-order chi connectivity index (χ1) is 11.2. The van der Waals surface area contributed by atoms with E-state index in [0.29, 0.717) is 17.2 Å². The highest BCUT2D eigenvalue weighted by Crippen LogP contribution is 2.18. The van der Waals surface area contributed by atoms with E-state index in [1.165, 1.54) is 0 Å². The molecule has 6 heteroatoms. The Hall–Kier alpha value is -2.73. The number of para-hydroxylation sites is 1. The average molecular weight is 369 g/mol. The Morgan fingerprint density at radius 3 is 2.17 bits per heavy atom. The number of aromatic nitrogens is 2. The molecule has 0 saturated heterocycles. The molecule has 0 aliphatic heterocycles. The minimum atomic E-state index is -0.240. The van der Waals surface area contributed by atoms with Crippen LogP contribution in [-0.2, 0) is 0 Å². The molecule has 23 heavy (non-hydrogen) atoms. The number of halogens is 1. The highest BCUT2D eigenvalue weighted by atomic mass is 79.9. The molecule has 3 rings (SSSR count). The highest BCUT2D eigenvalue weighted by Gasteiger charge is 2.10. The third-order valence-corrected chi connectivity index (χ3v) is 3.76. The lowest BCUT2D eigenvalue weighted by atomic mass is 10.2. The van der Waals surface area contributed by atoms with E-state index in [1.54, 1.807) is 24.3 Å². The van der Waals surface area contributed by atoms with Gasteiger partial charge in [-0.15, -0.1) is 10.2 Å². The molecule has 0 aliphatic rings. The molecule has 1 amide bonds. The maximum Gasteiger partial charge on any atom is 0.258 e. The lowest BCUT2D eigenvalue weighted by Crippen LogP contribution is -2.14. The Kier molecular flexibility index (Phi) is 4.63.